The van der Waals surface area contributed by atoms with Crippen molar-refractivity contribution in [1.82, 2.24) is 9.97 Å². The summed E-state index contributed by atoms with van der Waals surface area (Å²) in [4.78, 5) is 8.36. The molecule has 0 aliphatic heterocycles. The molecule has 4 heteroatoms. The molecule has 0 amide bonds. The Bertz CT molecular complexity index is 590. The predicted octanol–water partition coefficient (Wildman–Crippen LogP) is 3.87. The van der Waals surface area contributed by atoms with Gasteiger partial charge < -0.3 is 10.7 Å². The Labute approximate surface area is 122 Å². The topological polar surface area (TPSA) is 54.7 Å². The van der Waals surface area contributed by atoms with Gasteiger partial charge in [-0.25, -0.2) is 4.98 Å². The fourth-order valence-electron chi connectivity index (χ4n) is 3.29. The third-order valence-corrected chi connectivity index (χ3v) is 4.78. The van der Waals surface area contributed by atoms with Crippen LogP contribution in [0.3, 0.4) is 0 Å². The van der Waals surface area contributed by atoms with Crippen LogP contribution in [0.5, 0.6) is 0 Å². The van der Waals surface area contributed by atoms with Crippen molar-refractivity contribution in [2.24, 2.45) is 11.7 Å². The molecule has 3 rings (SSSR count). The van der Waals surface area contributed by atoms with Crippen molar-refractivity contribution < 1.29 is 0 Å². The maximum Gasteiger partial charge on any atom is 0.110 e. The van der Waals surface area contributed by atoms with E-state index < -0.39 is 0 Å². The Morgan fingerprint density at radius 1 is 1.37 bits per heavy atom. The molecule has 0 spiro atoms. The van der Waals surface area contributed by atoms with E-state index in [0.717, 1.165) is 27.9 Å². The van der Waals surface area contributed by atoms with Gasteiger partial charge in [0.25, 0.3) is 0 Å². The zero-order valence-electron chi connectivity index (χ0n) is 11.2. The molecule has 1 heterocycles. The summed E-state index contributed by atoms with van der Waals surface area (Å²) in [5, 5.41) is 0. The van der Waals surface area contributed by atoms with Crippen molar-refractivity contribution in [2.75, 3.05) is 6.54 Å². The smallest absolute Gasteiger partial charge is 0.110 e. The van der Waals surface area contributed by atoms with Crippen LogP contribution in [-0.4, -0.2) is 16.5 Å². The van der Waals surface area contributed by atoms with E-state index in [0.29, 0.717) is 11.8 Å². The van der Waals surface area contributed by atoms with Crippen LogP contribution in [0.25, 0.3) is 11.0 Å². The maximum atomic E-state index is 5.93. The Morgan fingerprint density at radius 2 is 2.16 bits per heavy atom. The Hall–Kier alpha value is -0.870. The highest BCUT2D eigenvalue weighted by molar-refractivity contribution is 9.10. The van der Waals surface area contributed by atoms with Crippen LogP contribution in [0.1, 0.15) is 43.0 Å². The molecule has 1 aliphatic rings. The molecule has 1 aliphatic carbocycles. The Balaban J connectivity index is 2.02. The molecule has 0 saturated heterocycles. The highest BCUT2D eigenvalue weighted by Crippen LogP contribution is 2.37. The van der Waals surface area contributed by atoms with E-state index in [-0.39, 0.29) is 0 Å². The summed E-state index contributed by atoms with van der Waals surface area (Å²) < 4.78 is 1.10. The molecular weight excluding hydrogens is 302 g/mol. The van der Waals surface area contributed by atoms with Crippen molar-refractivity contribution >= 4 is 27.0 Å². The number of hydrogen-bond donors (Lipinski definition) is 2. The van der Waals surface area contributed by atoms with Crippen LogP contribution in [0.2, 0.25) is 0 Å². The van der Waals surface area contributed by atoms with Gasteiger partial charge in [-0.2, -0.15) is 0 Å². The molecule has 102 valence electrons. The van der Waals surface area contributed by atoms with Crippen LogP contribution >= 0.6 is 15.9 Å². The monoisotopic (exact) mass is 321 g/mol. The van der Waals surface area contributed by atoms with Crippen LogP contribution < -0.4 is 5.73 Å². The number of rotatable bonds is 2. The first-order valence-electron chi connectivity index (χ1n) is 7.05. The molecule has 1 fully saturated rings. The maximum absolute atomic E-state index is 5.93. The lowest BCUT2D eigenvalue weighted by Gasteiger charge is -2.28. The first-order valence-corrected chi connectivity index (χ1v) is 7.84. The summed E-state index contributed by atoms with van der Waals surface area (Å²) in [6, 6.07) is 4.23. The minimum absolute atomic E-state index is 0.504. The van der Waals surface area contributed by atoms with Crippen molar-refractivity contribution in [2.45, 2.75) is 38.5 Å². The lowest BCUT2D eigenvalue weighted by molar-refractivity contribution is 0.306. The van der Waals surface area contributed by atoms with E-state index in [1.54, 1.807) is 0 Å². The normalized spacial score (nSPS) is 23.9. The fraction of sp³-hybridized carbons (Fsp3) is 0.533. The van der Waals surface area contributed by atoms with Gasteiger partial charge >= 0.3 is 0 Å². The van der Waals surface area contributed by atoms with Gasteiger partial charge in [0.1, 0.15) is 5.82 Å². The van der Waals surface area contributed by atoms with Crippen molar-refractivity contribution in [1.29, 1.82) is 0 Å². The Kier molecular flexibility index (Phi) is 3.63. The number of nitrogens with two attached hydrogens (primary N) is 1. The molecular formula is C15H20BrN3. The average molecular weight is 322 g/mol. The van der Waals surface area contributed by atoms with E-state index in [9.17, 15) is 0 Å². The van der Waals surface area contributed by atoms with Gasteiger partial charge in [0.15, 0.2) is 0 Å². The molecule has 2 aromatic rings. The molecule has 3 N–H and O–H groups in total. The largest absolute Gasteiger partial charge is 0.342 e. The first-order chi connectivity index (χ1) is 9.19. The predicted molar refractivity (Wildman–Crippen MR) is 82.3 cm³/mol. The Morgan fingerprint density at radius 3 is 2.95 bits per heavy atom. The molecule has 2 unspecified atom stereocenters. The van der Waals surface area contributed by atoms with Crippen molar-refractivity contribution in [3.8, 4) is 0 Å². The van der Waals surface area contributed by atoms with Crippen LogP contribution in [0.15, 0.2) is 16.6 Å². The lowest BCUT2D eigenvalue weighted by Crippen LogP contribution is -2.25. The summed E-state index contributed by atoms with van der Waals surface area (Å²) in [7, 11) is 0. The molecule has 0 radical (unpaired) electrons. The number of aromatic amines is 1. The van der Waals surface area contributed by atoms with Gasteiger partial charge in [-0.05, 0) is 49.9 Å². The number of nitrogens with zero attached hydrogens (tertiary/aromatic N) is 1. The number of benzene rings is 1. The van der Waals surface area contributed by atoms with E-state index in [1.807, 2.05) is 0 Å². The van der Waals surface area contributed by atoms with Crippen LogP contribution in [-0.2, 0) is 0 Å². The summed E-state index contributed by atoms with van der Waals surface area (Å²) >= 11 is 3.55. The van der Waals surface area contributed by atoms with Gasteiger partial charge in [-0.15, -0.1) is 0 Å². The first kappa shape index (κ1) is 13.1. The average Bonchev–Trinajstić information content (AvgIpc) is 2.82. The van der Waals surface area contributed by atoms with Crippen LogP contribution in [0, 0.1) is 12.8 Å². The number of aryl methyl sites for hydroxylation is 1. The number of aromatic nitrogens is 2. The molecule has 3 nitrogen and oxygen atoms in total. The number of H-pyrrole nitrogens is 1. The van der Waals surface area contributed by atoms with E-state index in [2.05, 4.69) is 40.0 Å². The zero-order valence-corrected chi connectivity index (χ0v) is 12.8. The number of halogens is 1. The summed E-state index contributed by atoms with van der Waals surface area (Å²) in [6.45, 7) is 2.88. The fourth-order valence-corrected chi connectivity index (χ4v) is 3.86. The second kappa shape index (κ2) is 5.25. The standard InChI is InChI=1S/C15H20BrN3/c1-9-6-11(16)7-13-14(9)19-15(18-13)12-5-3-2-4-10(12)8-17/h6-7,10,12H,2-5,8,17H2,1H3,(H,18,19). The van der Waals surface area contributed by atoms with Crippen molar-refractivity contribution in [3.05, 3.63) is 28.0 Å². The van der Waals surface area contributed by atoms with Gasteiger partial charge in [0.05, 0.1) is 11.0 Å². The highest BCUT2D eigenvalue weighted by atomic mass is 79.9. The van der Waals surface area contributed by atoms with Crippen molar-refractivity contribution in [3.63, 3.8) is 0 Å². The molecule has 2 atom stereocenters. The molecule has 1 saturated carbocycles. The number of hydrogen-bond acceptors (Lipinski definition) is 2. The molecule has 19 heavy (non-hydrogen) atoms. The second-order valence-electron chi connectivity index (χ2n) is 5.63. The van der Waals surface area contributed by atoms with E-state index >= 15 is 0 Å². The third-order valence-electron chi connectivity index (χ3n) is 4.32. The minimum Gasteiger partial charge on any atom is -0.342 e. The quantitative estimate of drug-likeness (QED) is 0.882. The SMILES string of the molecule is Cc1cc(Br)cc2[nH]c(C3CCCCC3CN)nc12. The summed E-state index contributed by atoms with van der Waals surface area (Å²) in [5.41, 5.74) is 9.37. The summed E-state index contributed by atoms with van der Waals surface area (Å²) in [6.07, 6.45) is 5.05. The van der Waals surface area contributed by atoms with Gasteiger partial charge in [-0.3, -0.25) is 0 Å². The third kappa shape index (κ3) is 2.43. The lowest BCUT2D eigenvalue weighted by atomic mass is 9.79. The molecule has 0 bridgehead atoms. The molecule has 1 aromatic heterocycles. The van der Waals surface area contributed by atoms with Crippen LogP contribution in [0.4, 0.5) is 0 Å². The zero-order chi connectivity index (χ0) is 13.4. The minimum atomic E-state index is 0.504. The highest BCUT2D eigenvalue weighted by Gasteiger charge is 2.27. The van der Waals surface area contributed by atoms with Gasteiger partial charge in [0.2, 0.25) is 0 Å². The number of imidazole rings is 1. The number of fused-ring (bicyclic) bond motifs is 1. The van der Waals surface area contributed by atoms with Gasteiger partial charge in [-0.1, -0.05) is 28.8 Å². The van der Waals surface area contributed by atoms with E-state index in [4.69, 9.17) is 10.7 Å². The second-order valence-corrected chi connectivity index (χ2v) is 6.54. The number of nitrogens with one attached hydrogen (secondary N) is 1. The van der Waals surface area contributed by atoms with Gasteiger partial charge in [0, 0.05) is 10.4 Å². The summed E-state index contributed by atoms with van der Waals surface area (Å²) in [5.74, 6) is 2.22. The molecule has 1 aromatic carbocycles. The van der Waals surface area contributed by atoms with E-state index in [1.165, 1.54) is 31.2 Å².